The molecule has 0 aromatic heterocycles. The van der Waals surface area contributed by atoms with E-state index in [-0.39, 0.29) is 11.5 Å². The Kier molecular flexibility index (Phi) is 2.97. The van der Waals surface area contributed by atoms with Gasteiger partial charge >= 0.3 is 6.09 Å². The van der Waals surface area contributed by atoms with Crippen molar-refractivity contribution in [2.24, 2.45) is 5.41 Å². The van der Waals surface area contributed by atoms with Crippen LogP contribution in [0.4, 0.5) is 10.5 Å². The number of carboxylic acid groups (broad SMARTS) is 1. The molecule has 3 N–H and O–H groups in total. The summed E-state index contributed by atoms with van der Waals surface area (Å²) in [5.41, 5.74) is 8.64. The van der Waals surface area contributed by atoms with Crippen LogP contribution in [0, 0.1) is 5.41 Å². The van der Waals surface area contributed by atoms with Crippen molar-refractivity contribution in [1.82, 2.24) is 4.90 Å². The smallest absolute Gasteiger partial charge is 0.407 e. The highest BCUT2D eigenvalue weighted by Gasteiger charge is 2.38. The first kappa shape index (κ1) is 12.7. The predicted molar refractivity (Wildman–Crippen MR) is 71.5 cm³/mol. The minimum Gasteiger partial charge on any atom is -0.465 e. The molecule has 0 saturated carbocycles. The zero-order chi connectivity index (χ0) is 13.5. The van der Waals surface area contributed by atoms with Crippen LogP contribution in [0.25, 0.3) is 0 Å². The van der Waals surface area contributed by atoms with Gasteiger partial charge in [0.1, 0.15) is 0 Å². The van der Waals surface area contributed by atoms with Crippen LogP contribution in [-0.2, 0) is 6.42 Å². The third-order valence-corrected chi connectivity index (χ3v) is 3.46. The van der Waals surface area contributed by atoms with E-state index in [4.69, 9.17) is 5.73 Å². The molecule has 1 aromatic carbocycles. The quantitative estimate of drug-likeness (QED) is 0.694. The lowest BCUT2D eigenvalue weighted by Crippen LogP contribution is -2.44. The summed E-state index contributed by atoms with van der Waals surface area (Å²) in [7, 11) is 0. The SMILES string of the molecule is CC(C)(C)C1c2cc(N)ccc2CCN1C(=O)O. The van der Waals surface area contributed by atoms with E-state index in [1.165, 1.54) is 10.5 Å². The summed E-state index contributed by atoms with van der Waals surface area (Å²) in [5, 5.41) is 9.36. The molecular weight excluding hydrogens is 228 g/mol. The van der Waals surface area contributed by atoms with Gasteiger partial charge in [-0.1, -0.05) is 26.8 Å². The van der Waals surface area contributed by atoms with Crippen molar-refractivity contribution in [2.75, 3.05) is 12.3 Å². The van der Waals surface area contributed by atoms with E-state index in [1.54, 1.807) is 0 Å². The Morgan fingerprint density at radius 3 is 2.67 bits per heavy atom. The van der Waals surface area contributed by atoms with Crippen LogP contribution in [0.15, 0.2) is 18.2 Å². The fourth-order valence-corrected chi connectivity index (χ4v) is 2.77. The maximum Gasteiger partial charge on any atom is 0.407 e. The number of carbonyl (C=O) groups is 1. The standard InChI is InChI=1S/C14H20N2O2/c1-14(2,3)12-11-8-10(15)5-4-9(11)6-7-16(12)13(17)18/h4-5,8,12H,6-7,15H2,1-3H3,(H,17,18). The zero-order valence-corrected chi connectivity index (χ0v) is 11.1. The van der Waals surface area contributed by atoms with Crippen molar-refractivity contribution in [1.29, 1.82) is 0 Å². The van der Waals surface area contributed by atoms with E-state index in [9.17, 15) is 9.90 Å². The van der Waals surface area contributed by atoms with E-state index in [1.807, 2.05) is 18.2 Å². The molecule has 0 saturated heterocycles. The van der Waals surface area contributed by atoms with Gasteiger partial charge in [0.2, 0.25) is 0 Å². The highest BCUT2D eigenvalue weighted by atomic mass is 16.4. The number of hydrogen-bond acceptors (Lipinski definition) is 2. The fraction of sp³-hybridized carbons (Fsp3) is 0.500. The lowest BCUT2D eigenvalue weighted by atomic mass is 9.77. The van der Waals surface area contributed by atoms with Crippen LogP contribution in [-0.4, -0.2) is 22.6 Å². The molecule has 4 heteroatoms. The molecule has 1 atom stereocenters. The molecule has 0 radical (unpaired) electrons. The monoisotopic (exact) mass is 248 g/mol. The van der Waals surface area contributed by atoms with Crippen LogP contribution in [0.2, 0.25) is 0 Å². The van der Waals surface area contributed by atoms with Crippen LogP contribution in [0.5, 0.6) is 0 Å². The summed E-state index contributed by atoms with van der Waals surface area (Å²) in [6.07, 6.45) is -0.0999. The van der Waals surface area contributed by atoms with Gasteiger partial charge < -0.3 is 15.7 Å². The lowest BCUT2D eigenvalue weighted by molar-refractivity contribution is 0.0759. The number of nitrogen functional groups attached to an aromatic ring is 1. The maximum atomic E-state index is 11.4. The normalized spacial score (nSPS) is 19.5. The van der Waals surface area contributed by atoms with E-state index in [2.05, 4.69) is 20.8 Å². The highest BCUT2D eigenvalue weighted by Crippen LogP contribution is 2.42. The van der Waals surface area contributed by atoms with Crippen LogP contribution >= 0.6 is 0 Å². The van der Waals surface area contributed by atoms with Crippen LogP contribution in [0.1, 0.15) is 37.9 Å². The summed E-state index contributed by atoms with van der Waals surface area (Å²) in [4.78, 5) is 12.9. The second-order valence-corrected chi connectivity index (χ2v) is 5.95. The van der Waals surface area contributed by atoms with Crippen LogP contribution in [0.3, 0.4) is 0 Å². The molecular formula is C14H20N2O2. The average Bonchev–Trinajstić information content (AvgIpc) is 2.25. The molecule has 98 valence electrons. The Balaban J connectivity index is 2.55. The lowest BCUT2D eigenvalue weighted by Gasteiger charge is -2.43. The molecule has 0 spiro atoms. The molecule has 18 heavy (non-hydrogen) atoms. The van der Waals surface area contributed by atoms with Crippen molar-refractivity contribution in [2.45, 2.75) is 33.2 Å². The Morgan fingerprint density at radius 2 is 2.11 bits per heavy atom. The minimum absolute atomic E-state index is 0.137. The van der Waals surface area contributed by atoms with E-state index < -0.39 is 6.09 Å². The molecule has 1 aromatic rings. The van der Waals surface area contributed by atoms with Gasteiger partial charge in [0.15, 0.2) is 0 Å². The topological polar surface area (TPSA) is 66.6 Å². The molecule has 1 amide bonds. The number of benzene rings is 1. The van der Waals surface area contributed by atoms with Crippen molar-refractivity contribution >= 4 is 11.8 Å². The van der Waals surface area contributed by atoms with E-state index in [0.717, 1.165) is 12.0 Å². The molecule has 1 heterocycles. The van der Waals surface area contributed by atoms with Gasteiger partial charge in [-0.25, -0.2) is 4.79 Å². The zero-order valence-electron chi connectivity index (χ0n) is 11.1. The second-order valence-electron chi connectivity index (χ2n) is 5.95. The van der Waals surface area contributed by atoms with Crippen LogP contribution < -0.4 is 5.73 Å². The Bertz CT molecular complexity index is 477. The largest absolute Gasteiger partial charge is 0.465 e. The van der Waals surface area contributed by atoms with Crippen molar-refractivity contribution in [3.05, 3.63) is 29.3 Å². The van der Waals surface area contributed by atoms with Gasteiger partial charge in [0, 0.05) is 12.2 Å². The number of amides is 1. The van der Waals surface area contributed by atoms with Crippen molar-refractivity contribution < 1.29 is 9.90 Å². The Hall–Kier alpha value is -1.71. The molecule has 1 aliphatic heterocycles. The summed E-state index contributed by atoms with van der Waals surface area (Å²) in [6, 6.07) is 5.68. The minimum atomic E-state index is -0.858. The maximum absolute atomic E-state index is 11.4. The predicted octanol–water partition coefficient (Wildman–Crippen LogP) is 2.89. The molecule has 0 aliphatic carbocycles. The van der Waals surface area contributed by atoms with Gasteiger partial charge in [-0.2, -0.15) is 0 Å². The third kappa shape index (κ3) is 2.15. The number of anilines is 1. The molecule has 1 unspecified atom stereocenters. The number of nitrogens with two attached hydrogens (primary N) is 1. The summed E-state index contributed by atoms with van der Waals surface area (Å²) in [6.45, 7) is 6.73. The summed E-state index contributed by atoms with van der Waals surface area (Å²) >= 11 is 0. The van der Waals surface area contributed by atoms with Gasteiger partial charge in [0.05, 0.1) is 6.04 Å². The van der Waals surface area contributed by atoms with Crippen molar-refractivity contribution in [3.8, 4) is 0 Å². The second kappa shape index (κ2) is 4.19. The molecule has 1 aliphatic rings. The van der Waals surface area contributed by atoms with Gasteiger partial charge in [-0.05, 0) is 35.1 Å². The number of hydrogen-bond donors (Lipinski definition) is 2. The molecule has 0 bridgehead atoms. The van der Waals surface area contributed by atoms with E-state index in [0.29, 0.717) is 12.2 Å². The Labute approximate surface area is 107 Å². The average molecular weight is 248 g/mol. The summed E-state index contributed by atoms with van der Waals surface area (Å²) < 4.78 is 0. The molecule has 0 fully saturated rings. The molecule has 2 rings (SSSR count). The van der Waals surface area contributed by atoms with Gasteiger partial charge in [0.25, 0.3) is 0 Å². The van der Waals surface area contributed by atoms with E-state index >= 15 is 0 Å². The first-order valence-corrected chi connectivity index (χ1v) is 6.18. The summed E-state index contributed by atoms with van der Waals surface area (Å²) in [5.74, 6) is 0. The van der Waals surface area contributed by atoms with Gasteiger partial charge in [-0.15, -0.1) is 0 Å². The Morgan fingerprint density at radius 1 is 1.44 bits per heavy atom. The first-order chi connectivity index (χ1) is 8.30. The number of rotatable bonds is 0. The number of fused-ring (bicyclic) bond motifs is 1. The molecule has 4 nitrogen and oxygen atoms in total. The van der Waals surface area contributed by atoms with Gasteiger partial charge in [-0.3, -0.25) is 0 Å². The number of nitrogens with zero attached hydrogens (tertiary/aromatic N) is 1. The highest BCUT2D eigenvalue weighted by molar-refractivity contribution is 5.67. The first-order valence-electron chi connectivity index (χ1n) is 6.18. The fourth-order valence-electron chi connectivity index (χ4n) is 2.77. The van der Waals surface area contributed by atoms with Crippen molar-refractivity contribution in [3.63, 3.8) is 0 Å². The third-order valence-electron chi connectivity index (χ3n) is 3.46.